The van der Waals surface area contributed by atoms with Crippen LogP contribution in [-0.4, -0.2) is 0 Å². The van der Waals surface area contributed by atoms with Crippen molar-refractivity contribution in [2.24, 2.45) is 0 Å². The minimum atomic E-state index is 0.896. The van der Waals surface area contributed by atoms with Crippen molar-refractivity contribution in [2.45, 2.75) is 6.92 Å². The van der Waals surface area contributed by atoms with Crippen LogP contribution in [0.5, 0.6) is 5.75 Å². The van der Waals surface area contributed by atoms with E-state index in [1.54, 1.807) is 6.20 Å². The molecule has 56 valence electrons. The number of hydrogen-bond donors (Lipinski definition) is 1. The Hall–Kier alpha value is -1.44. The monoisotopic (exact) mass is 147 g/mol. The number of benzene rings is 1. The summed E-state index contributed by atoms with van der Waals surface area (Å²) in [6.45, 7) is 2.04. The predicted octanol–water partition coefficient (Wildman–Crippen LogP) is 1.86. The summed E-state index contributed by atoms with van der Waals surface area (Å²) in [5.74, 6) is 0.896. The molecule has 1 heterocycles. The van der Waals surface area contributed by atoms with E-state index in [0.29, 0.717) is 0 Å². The second-order valence-corrected chi connectivity index (χ2v) is 2.59. The third kappa shape index (κ3) is 1.07. The lowest BCUT2D eigenvalue weighted by Crippen LogP contribution is -2.14. The van der Waals surface area contributed by atoms with Gasteiger partial charge in [0.2, 0.25) is 0 Å². The van der Waals surface area contributed by atoms with Crippen LogP contribution in [0.2, 0.25) is 0 Å². The van der Waals surface area contributed by atoms with Crippen molar-refractivity contribution >= 4 is 6.08 Å². The second-order valence-electron chi connectivity index (χ2n) is 2.59. The molecule has 0 fully saturated rings. The molecule has 0 aliphatic carbocycles. The molecule has 2 heteroatoms. The first-order valence-corrected chi connectivity index (χ1v) is 3.56. The molecule has 0 saturated heterocycles. The Morgan fingerprint density at radius 3 is 3.18 bits per heavy atom. The fourth-order valence-corrected chi connectivity index (χ4v) is 1.09. The molecule has 0 amide bonds. The lowest BCUT2D eigenvalue weighted by Gasteiger charge is -2.12. The van der Waals surface area contributed by atoms with Crippen molar-refractivity contribution in [3.63, 3.8) is 0 Å². The van der Waals surface area contributed by atoms with Crippen molar-refractivity contribution in [3.05, 3.63) is 35.5 Å². The Morgan fingerprint density at radius 2 is 2.27 bits per heavy atom. The summed E-state index contributed by atoms with van der Waals surface area (Å²) in [4.78, 5) is 5.17. The van der Waals surface area contributed by atoms with Gasteiger partial charge in [-0.25, -0.2) is 5.48 Å². The van der Waals surface area contributed by atoms with Gasteiger partial charge in [0.15, 0.2) is 5.75 Å². The van der Waals surface area contributed by atoms with Crippen molar-refractivity contribution in [1.82, 2.24) is 5.48 Å². The summed E-state index contributed by atoms with van der Waals surface area (Å²) in [7, 11) is 0. The summed E-state index contributed by atoms with van der Waals surface area (Å²) >= 11 is 0. The highest BCUT2D eigenvalue weighted by atomic mass is 16.6. The molecule has 0 atom stereocenters. The summed E-state index contributed by atoms with van der Waals surface area (Å²) in [5.41, 5.74) is 5.02. The number of aryl methyl sites for hydroxylation is 1. The lowest BCUT2D eigenvalue weighted by molar-refractivity contribution is 0.239. The number of hydroxylamine groups is 1. The first-order valence-electron chi connectivity index (χ1n) is 3.56. The maximum atomic E-state index is 5.17. The summed E-state index contributed by atoms with van der Waals surface area (Å²) in [6, 6.07) is 6.12. The van der Waals surface area contributed by atoms with Gasteiger partial charge in [-0.05, 0) is 24.6 Å². The van der Waals surface area contributed by atoms with E-state index in [9.17, 15) is 0 Å². The Balaban J connectivity index is 2.53. The van der Waals surface area contributed by atoms with Crippen LogP contribution in [0.1, 0.15) is 11.1 Å². The molecule has 1 aliphatic rings. The molecular weight excluding hydrogens is 138 g/mol. The van der Waals surface area contributed by atoms with Crippen molar-refractivity contribution in [3.8, 4) is 5.75 Å². The van der Waals surface area contributed by atoms with Gasteiger partial charge in [-0.3, -0.25) is 0 Å². The smallest absolute Gasteiger partial charge is 0.162 e. The number of nitrogens with one attached hydrogen (secondary N) is 1. The summed E-state index contributed by atoms with van der Waals surface area (Å²) in [6.07, 6.45) is 3.76. The van der Waals surface area contributed by atoms with E-state index in [1.165, 1.54) is 5.56 Å². The topological polar surface area (TPSA) is 21.3 Å². The Bertz CT molecular complexity index is 304. The third-order valence-corrected chi connectivity index (χ3v) is 1.67. The third-order valence-electron chi connectivity index (χ3n) is 1.67. The molecule has 0 unspecified atom stereocenters. The van der Waals surface area contributed by atoms with Gasteiger partial charge in [0.1, 0.15) is 0 Å². The molecule has 1 aliphatic heterocycles. The lowest BCUT2D eigenvalue weighted by atomic mass is 10.1. The van der Waals surface area contributed by atoms with Gasteiger partial charge in [-0.15, -0.1) is 0 Å². The number of rotatable bonds is 0. The molecule has 0 aromatic heterocycles. The molecule has 1 aromatic carbocycles. The summed E-state index contributed by atoms with van der Waals surface area (Å²) < 4.78 is 0. The van der Waals surface area contributed by atoms with Gasteiger partial charge in [0.05, 0.1) is 0 Å². The van der Waals surface area contributed by atoms with Gasteiger partial charge < -0.3 is 4.84 Å². The second kappa shape index (κ2) is 2.31. The fraction of sp³-hybridized carbons (Fsp3) is 0.111. The summed E-state index contributed by atoms with van der Waals surface area (Å²) in [5, 5.41) is 0. The quantitative estimate of drug-likeness (QED) is 0.604. The van der Waals surface area contributed by atoms with Gasteiger partial charge in [0, 0.05) is 11.8 Å². The highest BCUT2D eigenvalue weighted by molar-refractivity contribution is 5.59. The zero-order valence-corrected chi connectivity index (χ0v) is 6.29. The average molecular weight is 147 g/mol. The van der Waals surface area contributed by atoms with Crippen molar-refractivity contribution in [2.75, 3.05) is 0 Å². The Kier molecular flexibility index (Phi) is 1.32. The maximum absolute atomic E-state index is 5.17. The first kappa shape index (κ1) is 6.28. The van der Waals surface area contributed by atoms with E-state index in [-0.39, 0.29) is 0 Å². The van der Waals surface area contributed by atoms with Gasteiger partial charge >= 0.3 is 0 Å². The zero-order valence-electron chi connectivity index (χ0n) is 6.29. The van der Waals surface area contributed by atoms with E-state index in [2.05, 4.69) is 11.5 Å². The highest BCUT2D eigenvalue weighted by Gasteiger charge is 2.03. The predicted molar refractivity (Wildman–Crippen MR) is 44.0 cm³/mol. The van der Waals surface area contributed by atoms with Crippen LogP contribution in [0.15, 0.2) is 24.4 Å². The normalized spacial score (nSPS) is 13.2. The van der Waals surface area contributed by atoms with Crippen LogP contribution >= 0.6 is 0 Å². The zero-order chi connectivity index (χ0) is 7.68. The number of fused-ring (bicyclic) bond motifs is 1. The van der Waals surface area contributed by atoms with Crippen LogP contribution in [0.3, 0.4) is 0 Å². The average Bonchev–Trinajstić information content (AvgIpc) is 2.04. The van der Waals surface area contributed by atoms with E-state index in [1.807, 2.05) is 25.1 Å². The molecule has 1 aromatic rings. The molecule has 11 heavy (non-hydrogen) atoms. The van der Waals surface area contributed by atoms with Crippen molar-refractivity contribution < 1.29 is 4.84 Å². The van der Waals surface area contributed by atoms with Gasteiger partial charge in [-0.2, -0.15) is 0 Å². The van der Waals surface area contributed by atoms with Crippen LogP contribution in [0, 0.1) is 6.92 Å². The van der Waals surface area contributed by atoms with Crippen molar-refractivity contribution in [1.29, 1.82) is 0 Å². The molecule has 0 saturated carbocycles. The van der Waals surface area contributed by atoms with E-state index in [0.717, 1.165) is 11.3 Å². The molecular formula is C9H9NO. The highest BCUT2D eigenvalue weighted by Crippen LogP contribution is 2.22. The van der Waals surface area contributed by atoms with E-state index < -0.39 is 0 Å². The minimum Gasteiger partial charge on any atom is -0.382 e. The molecule has 0 bridgehead atoms. The fourth-order valence-electron chi connectivity index (χ4n) is 1.09. The largest absolute Gasteiger partial charge is 0.382 e. The molecule has 0 radical (unpaired) electrons. The molecule has 0 spiro atoms. The number of hydrogen-bond acceptors (Lipinski definition) is 2. The molecule has 2 nitrogen and oxygen atoms in total. The Morgan fingerprint density at radius 1 is 1.36 bits per heavy atom. The standard InChI is InChI=1S/C9H9NO/c1-7-2-3-8-4-5-10-11-9(8)6-7/h2-6,10H,1H3. The van der Waals surface area contributed by atoms with Gasteiger partial charge in [-0.1, -0.05) is 12.1 Å². The Labute approximate surface area is 65.4 Å². The minimum absolute atomic E-state index is 0.896. The van der Waals surface area contributed by atoms with E-state index >= 15 is 0 Å². The van der Waals surface area contributed by atoms with Crippen LogP contribution in [-0.2, 0) is 0 Å². The first-order chi connectivity index (χ1) is 5.36. The van der Waals surface area contributed by atoms with Crippen LogP contribution in [0.4, 0.5) is 0 Å². The SMILES string of the molecule is Cc1ccc2c(c1)ONC=C2. The van der Waals surface area contributed by atoms with Gasteiger partial charge in [0.25, 0.3) is 0 Å². The van der Waals surface area contributed by atoms with Crippen LogP contribution < -0.4 is 10.3 Å². The van der Waals surface area contributed by atoms with E-state index in [4.69, 9.17) is 4.84 Å². The molecule has 1 N–H and O–H groups in total. The molecule has 2 rings (SSSR count). The maximum Gasteiger partial charge on any atom is 0.162 e. The van der Waals surface area contributed by atoms with Crippen LogP contribution in [0.25, 0.3) is 6.08 Å².